The van der Waals surface area contributed by atoms with E-state index in [1.807, 2.05) is 13.0 Å². The highest BCUT2D eigenvalue weighted by molar-refractivity contribution is 9.10. The quantitative estimate of drug-likeness (QED) is 0.654. The van der Waals surface area contributed by atoms with E-state index in [1.54, 1.807) is 36.4 Å². The van der Waals surface area contributed by atoms with Crippen molar-refractivity contribution in [3.8, 4) is 0 Å². The Labute approximate surface area is 159 Å². The van der Waals surface area contributed by atoms with Crippen molar-refractivity contribution in [2.24, 2.45) is 5.73 Å². The van der Waals surface area contributed by atoms with Crippen LogP contribution in [0.15, 0.2) is 46.9 Å². The Morgan fingerprint density at radius 1 is 1.08 bits per heavy atom. The van der Waals surface area contributed by atoms with E-state index >= 15 is 0 Å². The third kappa shape index (κ3) is 5.30. The van der Waals surface area contributed by atoms with Crippen molar-refractivity contribution in [1.29, 1.82) is 0 Å². The fourth-order valence-corrected chi connectivity index (χ4v) is 2.30. The lowest BCUT2D eigenvalue weighted by molar-refractivity contribution is 0.0975. The van der Waals surface area contributed by atoms with Gasteiger partial charge in [-0.05, 0) is 67.2 Å². The fraction of sp³-hybridized carbons (Fsp3) is 0.0625. The summed E-state index contributed by atoms with van der Waals surface area (Å²) in [5, 5.41) is 5.64. The lowest BCUT2D eigenvalue weighted by Gasteiger charge is -2.10. The normalized spacial score (nSPS) is 9.58. The number of nitrogens with two attached hydrogens (primary N) is 1. The molecule has 0 saturated carbocycles. The highest BCUT2D eigenvalue weighted by Gasteiger charge is 2.09. The van der Waals surface area contributed by atoms with Gasteiger partial charge in [-0.25, -0.2) is 0 Å². The summed E-state index contributed by atoms with van der Waals surface area (Å²) in [6.07, 6.45) is 0. The van der Waals surface area contributed by atoms with Gasteiger partial charge in [0.05, 0.1) is 0 Å². The highest BCUT2D eigenvalue weighted by atomic mass is 79.9. The topological polar surface area (TPSA) is 84.2 Å². The van der Waals surface area contributed by atoms with Crippen LogP contribution in [0.25, 0.3) is 0 Å². The molecule has 0 bridgehead atoms. The third-order valence-corrected chi connectivity index (χ3v) is 4.17. The van der Waals surface area contributed by atoms with E-state index < -0.39 is 5.91 Å². The van der Waals surface area contributed by atoms with Crippen LogP contribution in [0.4, 0.5) is 5.69 Å². The monoisotopic (exact) mass is 427 g/mol. The minimum Gasteiger partial charge on any atom is -0.366 e. The van der Waals surface area contributed by atoms with E-state index in [-0.39, 0.29) is 23.4 Å². The first kappa shape index (κ1) is 20.1. The van der Waals surface area contributed by atoms with Crippen molar-refractivity contribution in [2.45, 2.75) is 6.92 Å². The lowest BCUT2D eigenvalue weighted by Crippen LogP contribution is -2.34. The van der Waals surface area contributed by atoms with Crippen molar-refractivity contribution < 1.29 is 9.59 Å². The number of thiocarbonyl (C=S) groups is 1. The number of anilines is 1. The molecule has 0 aliphatic carbocycles. The van der Waals surface area contributed by atoms with E-state index in [1.165, 1.54) is 0 Å². The van der Waals surface area contributed by atoms with E-state index in [9.17, 15) is 9.59 Å². The van der Waals surface area contributed by atoms with Crippen molar-refractivity contribution in [3.05, 3.63) is 63.6 Å². The molecule has 0 aromatic heterocycles. The Morgan fingerprint density at radius 2 is 1.67 bits per heavy atom. The lowest BCUT2D eigenvalue weighted by atomic mass is 10.1. The smallest absolute Gasteiger partial charge is 0.257 e. The predicted octanol–water partition coefficient (Wildman–Crippen LogP) is 3.41. The van der Waals surface area contributed by atoms with Crippen LogP contribution in [-0.2, 0) is 0 Å². The van der Waals surface area contributed by atoms with Crippen LogP contribution in [0.5, 0.6) is 0 Å². The standard InChI is InChI=1S/C16H14BrN3O2S.ClH/c1-9-8-11(4-7-13(9)17)15(22)20-16(23)19-12-5-2-10(3-6-12)14(18)21;/h2-8H,1H3,(H2,18,21)(H2,19,20,22,23);1H. The van der Waals surface area contributed by atoms with Crippen LogP contribution in [0.2, 0.25) is 0 Å². The van der Waals surface area contributed by atoms with E-state index in [0.29, 0.717) is 16.8 Å². The van der Waals surface area contributed by atoms with E-state index in [0.717, 1.165) is 10.0 Å². The molecule has 0 aliphatic rings. The zero-order valence-electron chi connectivity index (χ0n) is 12.6. The molecule has 0 radical (unpaired) electrons. The third-order valence-electron chi connectivity index (χ3n) is 3.07. The molecule has 2 aromatic rings. The molecule has 0 spiro atoms. The zero-order chi connectivity index (χ0) is 17.0. The molecule has 0 heterocycles. The zero-order valence-corrected chi connectivity index (χ0v) is 15.8. The summed E-state index contributed by atoms with van der Waals surface area (Å²) in [6, 6.07) is 11.7. The van der Waals surface area contributed by atoms with Crippen LogP contribution in [0, 0.1) is 6.92 Å². The Hall–Kier alpha value is -1.96. The number of hydrogen-bond acceptors (Lipinski definition) is 3. The van der Waals surface area contributed by atoms with Gasteiger partial charge in [0, 0.05) is 21.3 Å². The second kappa shape index (κ2) is 8.77. The number of primary amides is 1. The minimum atomic E-state index is -0.502. The average Bonchev–Trinajstić information content (AvgIpc) is 2.50. The number of rotatable bonds is 3. The van der Waals surface area contributed by atoms with Crippen LogP contribution in [0.1, 0.15) is 26.3 Å². The second-order valence-corrected chi connectivity index (χ2v) is 6.08. The first-order chi connectivity index (χ1) is 10.9. The van der Waals surface area contributed by atoms with Gasteiger partial charge in [-0.15, -0.1) is 12.4 Å². The number of nitrogens with one attached hydrogen (secondary N) is 2. The number of halogens is 2. The molecule has 2 amide bonds. The summed E-state index contributed by atoms with van der Waals surface area (Å²) in [7, 11) is 0. The molecule has 0 unspecified atom stereocenters. The molecular formula is C16H15BrClN3O2S. The van der Waals surface area contributed by atoms with Gasteiger partial charge < -0.3 is 11.1 Å². The van der Waals surface area contributed by atoms with Crippen molar-refractivity contribution in [3.63, 3.8) is 0 Å². The maximum absolute atomic E-state index is 12.1. The molecule has 126 valence electrons. The summed E-state index contributed by atoms with van der Waals surface area (Å²) in [4.78, 5) is 23.1. The molecule has 0 aliphatic heterocycles. The Balaban J connectivity index is 0.00000288. The molecule has 0 fully saturated rings. The highest BCUT2D eigenvalue weighted by Crippen LogP contribution is 2.17. The van der Waals surface area contributed by atoms with E-state index in [4.69, 9.17) is 18.0 Å². The molecule has 2 aromatic carbocycles. The molecule has 0 saturated heterocycles. The van der Waals surface area contributed by atoms with Gasteiger partial charge >= 0.3 is 0 Å². The number of amides is 2. The van der Waals surface area contributed by atoms with Crippen molar-refractivity contribution in [2.75, 3.05) is 5.32 Å². The van der Waals surface area contributed by atoms with Gasteiger partial charge in [0.1, 0.15) is 0 Å². The summed E-state index contributed by atoms with van der Waals surface area (Å²) in [6.45, 7) is 1.90. The van der Waals surface area contributed by atoms with Crippen molar-refractivity contribution in [1.82, 2.24) is 5.32 Å². The Kier molecular flexibility index (Phi) is 7.34. The molecule has 0 atom stereocenters. The van der Waals surface area contributed by atoms with Crippen LogP contribution >= 0.6 is 40.6 Å². The summed E-state index contributed by atoms with van der Waals surface area (Å²) in [5.41, 5.74) is 7.69. The summed E-state index contributed by atoms with van der Waals surface area (Å²) in [5.74, 6) is -0.801. The Bertz CT molecular complexity index is 781. The number of carbonyl (C=O) groups excluding carboxylic acids is 2. The molecule has 2 rings (SSSR count). The minimum absolute atomic E-state index is 0. The predicted molar refractivity (Wildman–Crippen MR) is 105 cm³/mol. The number of hydrogen-bond donors (Lipinski definition) is 3. The fourth-order valence-electron chi connectivity index (χ4n) is 1.84. The molecular weight excluding hydrogens is 414 g/mol. The number of aryl methyl sites for hydroxylation is 1. The van der Waals surface area contributed by atoms with Gasteiger partial charge in [0.15, 0.2) is 5.11 Å². The maximum Gasteiger partial charge on any atom is 0.257 e. The number of benzene rings is 2. The number of carbonyl (C=O) groups is 2. The van der Waals surface area contributed by atoms with Gasteiger partial charge in [-0.2, -0.15) is 0 Å². The van der Waals surface area contributed by atoms with Gasteiger partial charge in [-0.3, -0.25) is 14.9 Å². The van der Waals surface area contributed by atoms with E-state index in [2.05, 4.69) is 26.6 Å². The second-order valence-electron chi connectivity index (χ2n) is 4.81. The Morgan fingerprint density at radius 3 is 2.21 bits per heavy atom. The van der Waals surface area contributed by atoms with Crippen LogP contribution in [0.3, 0.4) is 0 Å². The van der Waals surface area contributed by atoms with Crippen LogP contribution in [-0.4, -0.2) is 16.9 Å². The van der Waals surface area contributed by atoms with Crippen LogP contribution < -0.4 is 16.4 Å². The average molecular weight is 429 g/mol. The van der Waals surface area contributed by atoms with Gasteiger partial charge in [0.25, 0.3) is 5.91 Å². The molecule has 4 N–H and O–H groups in total. The first-order valence-electron chi connectivity index (χ1n) is 6.65. The molecule has 8 heteroatoms. The van der Waals surface area contributed by atoms with Gasteiger partial charge in [0.2, 0.25) is 5.91 Å². The summed E-state index contributed by atoms with van der Waals surface area (Å²) >= 11 is 8.50. The van der Waals surface area contributed by atoms with Crippen molar-refractivity contribution >= 4 is 63.2 Å². The summed E-state index contributed by atoms with van der Waals surface area (Å²) < 4.78 is 0.935. The largest absolute Gasteiger partial charge is 0.366 e. The molecule has 5 nitrogen and oxygen atoms in total. The molecule has 24 heavy (non-hydrogen) atoms. The maximum atomic E-state index is 12.1. The first-order valence-corrected chi connectivity index (χ1v) is 7.85. The SMILES string of the molecule is Cc1cc(C(=O)NC(=S)Nc2ccc(C(N)=O)cc2)ccc1Br.Cl. The van der Waals surface area contributed by atoms with Gasteiger partial charge in [-0.1, -0.05) is 15.9 Å².